The minimum Gasteiger partial charge on any atom is -0.486 e. The van der Waals surface area contributed by atoms with Crippen LogP contribution in [0.3, 0.4) is 0 Å². The van der Waals surface area contributed by atoms with E-state index in [-0.39, 0.29) is 4.88 Å². The highest BCUT2D eigenvalue weighted by molar-refractivity contribution is 7.17. The predicted octanol–water partition coefficient (Wildman–Crippen LogP) is 2.53. The van der Waals surface area contributed by atoms with Crippen molar-refractivity contribution >= 4 is 22.4 Å². The van der Waals surface area contributed by atoms with Crippen LogP contribution < -0.4 is 14.8 Å². The van der Waals surface area contributed by atoms with E-state index < -0.39 is 5.97 Å². The summed E-state index contributed by atoms with van der Waals surface area (Å²) in [6, 6.07) is 5.74. The number of rotatable bonds is 4. The van der Waals surface area contributed by atoms with Gasteiger partial charge < -0.3 is 19.9 Å². The highest BCUT2D eigenvalue weighted by atomic mass is 32.1. The number of anilines is 1. The number of aryl methyl sites for hydroxylation is 1. The Labute approximate surface area is 125 Å². The highest BCUT2D eigenvalue weighted by Gasteiger charge is 2.14. The van der Waals surface area contributed by atoms with Crippen LogP contribution in [-0.4, -0.2) is 29.3 Å². The Kier molecular flexibility index (Phi) is 3.66. The molecule has 0 radical (unpaired) electrons. The number of thiazole rings is 1. The second-order valence-corrected chi connectivity index (χ2v) is 5.57. The lowest BCUT2D eigenvalue weighted by atomic mass is 10.2. The van der Waals surface area contributed by atoms with E-state index in [1.165, 1.54) is 0 Å². The lowest BCUT2D eigenvalue weighted by Gasteiger charge is -2.18. The van der Waals surface area contributed by atoms with Crippen LogP contribution in [0.25, 0.3) is 0 Å². The smallest absolute Gasteiger partial charge is 0.347 e. The Morgan fingerprint density at radius 1 is 1.38 bits per heavy atom. The van der Waals surface area contributed by atoms with Crippen LogP contribution in [0.1, 0.15) is 20.9 Å². The zero-order valence-electron chi connectivity index (χ0n) is 11.4. The first-order chi connectivity index (χ1) is 10.1. The molecule has 1 aliphatic rings. The molecule has 2 aromatic rings. The molecule has 1 aromatic carbocycles. The molecule has 21 heavy (non-hydrogen) atoms. The largest absolute Gasteiger partial charge is 0.486 e. The van der Waals surface area contributed by atoms with Gasteiger partial charge in [0.2, 0.25) is 0 Å². The topological polar surface area (TPSA) is 80.7 Å². The average molecular weight is 306 g/mol. The number of nitrogens with one attached hydrogen (secondary N) is 1. The zero-order chi connectivity index (χ0) is 14.8. The number of carboxylic acid groups (broad SMARTS) is 1. The van der Waals surface area contributed by atoms with Crippen molar-refractivity contribution in [3.05, 3.63) is 34.3 Å². The van der Waals surface area contributed by atoms with Crippen molar-refractivity contribution in [1.82, 2.24) is 4.98 Å². The third kappa shape index (κ3) is 2.92. The Hall–Kier alpha value is -2.28. The van der Waals surface area contributed by atoms with Crippen LogP contribution in [0.15, 0.2) is 18.2 Å². The van der Waals surface area contributed by atoms with E-state index in [1.807, 2.05) is 18.2 Å². The van der Waals surface area contributed by atoms with Gasteiger partial charge in [-0.25, -0.2) is 9.78 Å². The molecular formula is C14H14N2O4S. The Bertz CT molecular complexity index is 684. The molecule has 0 fully saturated rings. The van der Waals surface area contributed by atoms with Gasteiger partial charge in [-0.3, -0.25) is 0 Å². The molecule has 110 valence electrons. The zero-order valence-corrected chi connectivity index (χ0v) is 12.2. The first-order valence-corrected chi connectivity index (χ1v) is 7.28. The van der Waals surface area contributed by atoms with Crippen molar-refractivity contribution in [2.45, 2.75) is 13.5 Å². The molecule has 0 spiro atoms. The van der Waals surface area contributed by atoms with Gasteiger partial charge in [-0.15, -0.1) is 0 Å². The molecular weight excluding hydrogens is 292 g/mol. The molecule has 7 heteroatoms. The van der Waals surface area contributed by atoms with Crippen molar-refractivity contribution in [2.24, 2.45) is 0 Å². The SMILES string of the molecule is Cc1nc(NCc2ccc3c(c2)OCCO3)sc1C(=O)O. The van der Waals surface area contributed by atoms with Gasteiger partial charge in [0.15, 0.2) is 16.6 Å². The summed E-state index contributed by atoms with van der Waals surface area (Å²) in [5, 5.41) is 12.7. The Morgan fingerprint density at radius 2 is 2.14 bits per heavy atom. The second-order valence-electron chi connectivity index (χ2n) is 4.57. The molecule has 1 aromatic heterocycles. The van der Waals surface area contributed by atoms with Crippen LogP contribution >= 0.6 is 11.3 Å². The third-order valence-corrected chi connectivity index (χ3v) is 4.14. The minimum absolute atomic E-state index is 0.264. The van der Waals surface area contributed by atoms with Crippen LogP contribution in [0.5, 0.6) is 11.5 Å². The summed E-state index contributed by atoms with van der Waals surface area (Å²) in [6.45, 7) is 3.36. The van der Waals surface area contributed by atoms with Crippen molar-refractivity contribution in [2.75, 3.05) is 18.5 Å². The summed E-state index contributed by atoms with van der Waals surface area (Å²) in [4.78, 5) is 15.5. The van der Waals surface area contributed by atoms with E-state index in [2.05, 4.69) is 10.3 Å². The van der Waals surface area contributed by atoms with E-state index in [0.29, 0.717) is 30.6 Å². The maximum Gasteiger partial charge on any atom is 0.347 e. The molecule has 0 atom stereocenters. The lowest BCUT2D eigenvalue weighted by Crippen LogP contribution is -2.15. The van der Waals surface area contributed by atoms with E-state index in [4.69, 9.17) is 14.6 Å². The van der Waals surface area contributed by atoms with E-state index in [0.717, 1.165) is 28.4 Å². The first-order valence-electron chi connectivity index (χ1n) is 6.46. The quantitative estimate of drug-likeness (QED) is 0.903. The van der Waals surface area contributed by atoms with Gasteiger partial charge in [0, 0.05) is 6.54 Å². The van der Waals surface area contributed by atoms with Gasteiger partial charge in [-0.1, -0.05) is 17.4 Å². The molecule has 0 saturated heterocycles. The van der Waals surface area contributed by atoms with Gasteiger partial charge in [0.1, 0.15) is 18.1 Å². The molecule has 0 amide bonds. The molecule has 2 heterocycles. The van der Waals surface area contributed by atoms with Crippen molar-refractivity contribution < 1.29 is 19.4 Å². The van der Waals surface area contributed by atoms with Gasteiger partial charge in [-0.05, 0) is 24.6 Å². The fourth-order valence-corrected chi connectivity index (χ4v) is 2.85. The van der Waals surface area contributed by atoms with Crippen LogP contribution in [0.2, 0.25) is 0 Å². The van der Waals surface area contributed by atoms with Crippen LogP contribution in [0, 0.1) is 6.92 Å². The van der Waals surface area contributed by atoms with Gasteiger partial charge in [0.05, 0.1) is 5.69 Å². The lowest BCUT2D eigenvalue weighted by molar-refractivity contribution is 0.0701. The fourth-order valence-electron chi connectivity index (χ4n) is 2.05. The summed E-state index contributed by atoms with van der Waals surface area (Å²) < 4.78 is 11.0. The number of ether oxygens (including phenoxy) is 2. The molecule has 0 saturated carbocycles. The van der Waals surface area contributed by atoms with E-state index >= 15 is 0 Å². The Balaban J connectivity index is 1.70. The summed E-state index contributed by atoms with van der Waals surface area (Å²) >= 11 is 1.14. The summed E-state index contributed by atoms with van der Waals surface area (Å²) in [5.41, 5.74) is 1.54. The number of aromatic carboxylic acids is 1. The summed E-state index contributed by atoms with van der Waals surface area (Å²) in [6.07, 6.45) is 0. The Morgan fingerprint density at radius 3 is 2.86 bits per heavy atom. The number of carboxylic acids is 1. The van der Waals surface area contributed by atoms with E-state index in [9.17, 15) is 4.79 Å². The van der Waals surface area contributed by atoms with Crippen LogP contribution in [-0.2, 0) is 6.54 Å². The van der Waals surface area contributed by atoms with Crippen molar-refractivity contribution in [1.29, 1.82) is 0 Å². The van der Waals surface area contributed by atoms with Gasteiger partial charge >= 0.3 is 5.97 Å². The van der Waals surface area contributed by atoms with E-state index in [1.54, 1.807) is 6.92 Å². The fraction of sp³-hybridized carbons (Fsp3) is 0.286. The average Bonchev–Trinajstić information content (AvgIpc) is 2.86. The van der Waals surface area contributed by atoms with Crippen molar-refractivity contribution in [3.63, 3.8) is 0 Å². The second kappa shape index (κ2) is 5.61. The van der Waals surface area contributed by atoms with Crippen LogP contribution in [0.4, 0.5) is 5.13 Å². The number of aromatic nitrogens is 1. The third-order valence-electron chi connectivity index (χ3n) is 3.04. The molecule has 3 rings (SSSR count). The predicted molar refractivity (Wildman–Crippen MR) is 78.6 cm³/mol. The first kappa shape index (κ1) is 13.7. The maximum atomic E-state index is 11.0. The molecule has 2 N–H and O–H groups in total. The molecule has 0 aliphatic carbocycles. The molecule has 6 nitrogen and oxygen atoms in total. The number of fused-ring (bicyclic) bond motifs is 1. The molecule has 0 unspecified atom stereocenters. The number of hydrogen-bond donors (Lipinski definition) is 2. The van der Waals surface area contributed by atoms with Gasteiger partial charge in [-0.2, -0.15) is 0 Å². The number of nitrogens with zero attached hydrogens (tertiary/aromatic N) is 1. The minimum atomic E-state index is -0.947. The number of benzene rings is 1. The standard InChI is InChI=1S/C14H14N2O4S/c1-8-12(13(17)18)21-14(16-8)15-7-9-2-3-10-11(6-9)20-5-4-19-10/h2-3,6H,4-5,7H2,1H3,(H,15,16)(H,17,18). The van der Waals surface area contributed by atoms with Gasteiger partial charge in [0.25, 0.3) is 0 Å². The normalized spacial score (nSPS) is 13.0. The van der Waals surface area contributed by atoms with Crippen molar-refractivity contribution in [3.8, 4) is 11.5 Å². The monoisotopic (exact) mass is 306 g/mol. The highest BCUT2D eigenvalue weighted by Crippen LogP contribution is 2.31. The summed E-state index contributed by atoms with van der Waals surface area (Å²) in [7, 11) is 0. The maximum absolute atomic E-state index is 11.0. The number of hydrogen-bond acceptors (Lipinski definition) is 6. The molecule has 1 aliphatic heterocycles. The summed E-state index contributed by atoms with van der Waals surface area (Å²) in [5.74, 6) is 0.544. The number of carbonyl (C=O) groups is 1. The molecule has 0 bridgehead atoms.